The van der Waals surface area contributed by atoms with Crippen molar-refractivity contribution in [2.75, 3.05) is 5.32 Å². The van der Waals surface area contributed by atoms with E-state index in [2.05, 4.69) is 10.3 Å². The molecule has 3 aromatic rings. The van der Waals surface area contributed by atoms with E-state index in [-0.39, 0.29) is 23.8 Å². The fourth-order valence-corrected chi connectivity index (χ4v) is 3.44. The smallest absolute Gasteiger partial charge is 0.339 e. The summed E-state index contributed by atoms with van der Waals surface area (Å²) in [5.41, 5.74) is 2.80. The summed E-state index contributed by atoms with van der Waals surface area (Å²) in [6, 6.07) is 10.8. The molecule has 4 rings (SSSR count). The first-order chi connectivity index (χ1) is 12.5. The highest BCUT2D eigenvalue weighted by Crippen LogP contribution is 2.41. The highest BCUT2D eigenvalue weighted by molar-refractivity contribution is 6.30. The highest BCUT2D eigenvalue weighted by atomic mass is 35.5. The molecule has 2 aromatic heterocycles. The molecular weight excluding hydrogens is 354 g/mol. The van der Waals surface area contributed by atoms with Crippen molar-refractivity contribution < 1.29 is 14.7 Å². The van der Waals surface area contributed by atoms with Crippen LogP contribution in [0.4, 0.5) is 5.69 Å². The van der Waals surface area contributed by atoms with Gasteiger partial charge in [-0.3, -0.25) is 9.78 Å². The van der Waals surface area contributed by atoms with Gasteiger partial charge in [0.1, 0.15) is 5.56 Å². The number of carbonyl (C=O) groups is 2. The van der Waals surface area contributed by atoms with Crippen molar-refractivity contribution in [3.05, 3.63) is 76.8 Å². The topological polar surface area (TPSA) is 84.2 Å². The Morgan fingerprint density at radius 1 is 1.19 bits per heavy atom. The Labute approximate surface area is 154 Å². The van der Waals surface area contributed by atoms with Gasteiger partial charge in [-0.25, -0.2) is 4.79 Å². The minimum Gasteiger partial charge on any atom is -0.478 e. The van der Waals surface area contributed by atoms with Gasteiger partial charge < -0.3 is 15.0 Å². The number of fused-ring (bicyclic) bond motifs is 1. The second-order valence-electron chi connectivity index (χ2n) is 6.04. The van der Waals surface area contributed by atoms with E-state index in [9.17, 15) is 14.7 Å². The molecule has 0 saturated carbocycles. The third-order valence-corrected chi connectivity index (χ3v) is 4.72. The molecule has 1 aromatic carbocycles. The monoisotopic (exact) mass is 367 g/mol. The fraction of sp³-hybridized carbons (Fsp3) is 0.105. The van der Waals surface area contributed by atoms with Crippen LogP contribution in [-0.4, -0.2) is 26.5 Å². The van der Waals surface area contributed by atoms with Crippen molar-refractivity contribution in [3.63, 3.8) is 0 Å². The van der Waals surface area contributed by atoms with Crippen LogP contribution in [0.15, 0.2) is 55.0 Å². The largest absolute Gasteiger partial charge is 0.478 e. The lowest BCUT2D eigenvalue weighted by molar-refractivity contribution is -0.116. The molecule has 1 amide bonds. The van der Waals surface area contributed by atoms with Crippen LogP contribution in [0.3, 0.4) is 0 Å². The number of hydrogen-bond acceptors (Lipinski definition) is 3. The quantitative estimate of drug-likeness (QED) is 0.739. The van der Waals surface area contributed by atoms with Crippen LogP contribution < -0.4 is 5.32 Å². The molecule has 0 spiro atoms. The van der Waals surface area contributed by atoms with Crippen LogP contribution in [0.25, 0.3) is 5.69 Å². The number of anilines is 1. The zero-order valence-corrected chi connectivity index (χ0v) is 14.3. The Morgan fingerprint density at radius 2 is 1.88 bits per heavy atom. The average Bonchev–Trinajstić information content (AvgIpc) is 3.02. The van der Waals surface area contributed by atoms with E-state index >= 15 is 0 Å². The number of nitrogens with zero attached hydrogens (tertiary/aromatic N) is 2. The number of aromatic carboxylic acids is 1. The van der Waals surface area contributed by atoms with Gasteiger partial charge in [0.25, 0.3) is 0 Å². The molecule has 2 N–H and O–H groups in total. The summed E-state index contributed by atoms with van der Waals surface area (Å²) < 4.78 is 1.81. The van der Waals surface area contributed by atoms with Crippen LogP contribution in [0.2, 0.25) is 5.02 Å². The lowest BCUT2D eigenvalue weighted by atomic mass is 9.89. The maximum absolute atomic E-state index is 12.2. The molecule has 6 nitrogen and oxygen atoms in total. The maximum atomic E-state index is 12.2. The summed E-state index contributed by atoms with van der Waals surface area (Å²) in [5.74, 6) is -1.58. The van der Waals surface area contributed by atoms with Crippen LogP contribution in [0.5, 0.6) is 0 Å². The van der Waals surface area contributed by atoms with Crippen molar-refractivity contribution in [2.24, 2.45) is 0 Å². The summed E-state index contributed by atoms with van der Waals surface area (Å²) in [4.78, 5) is 28.0. The van der Waals surface area contributed by atoms with Crippen LogP contribution in [0.1, 0.15) is 34.0 Å². The normalized spacial score (nSPS) is 16.0. The lowest BCUT2D eigenvalue weighted by Gasteiger charge is -2.26. The molecule has 130 valence electrons. The van der Waals surface area contributed by atoms with E-state index in [0.29, 0.717) is 10.7 Å². The number of amides is 1. The molecule has 0 unspecified atom stereocenters. The molecule has 1 aliphatic rings. The van der Waals surface area contributed by atoms with Gasteiger partial charge in [-0.15, -0.1) is 0 Å². The Hall–Kier alpha value is -3.12. The number of nitrogens with one attached hydrogen (secondary N) is 1. The summed E-state index contributed by atoms with van der Waals surface area (Å²) in [5, 5.41) is 12.9. The van der Waals surface area contributed by atoms with Crippen molar-refractivity contribution in [1.82, 2.24) is 9.55 Å². The van der Waals surface area contributed by atoms with E-state index in [4.69, 9.17) is 11.6 Å². The number of hydrogen-bond donors (Lipinski definition) is 2. The fourth-order valence-electron chi connectivity index (χ4n) is 3.32. The third kappa shape index (κ3) is 2.74. The number of rotatable bonds is 3. The van der Waals surface area contributed by atoms with Gasteiger partial charge in [-0.2, -0.15) is 0 Å². The van der Waals surface area contributed by atoms with Gasteiger partial charge in [-0.1, -0.05) is 11.6 Å². The molecule has 0 fully saturated rings. The van der Waals surface area contributed by atoms with Gasteiger partial charge in [0.05, 0.1) is 11.4 Å². The number of aromatic nitrogens is 2. The zero-order valence-electron chi connectivity index (χ0n) is 13.5. The first-order valence-electron chi connectivity index (χ1n) is 7.99. The molecule has 0 saturated heterocycles. The van der Waals surface area contributed by atoms with Crippen LogP contribution in [0, 0.1) is 0 Å². The van der Waals surface area contributed by atoms with Crippen molar-refractivity contribution in [1.29, 1.82) is 0 Å². The number of pyridine rings is 1. The van der Waals surface area contributed by atoms with E-state index in [1.165, 1.54) is 6.20 Å². The minimum absolute atomic E-state index is 0.0575. The predicted octanol–water partition coefficient (Wildman–Crippen LogP) is 3.70. The number of carboxylic acid groups (broad SMARTS) is 1. The average molecular weight is 368 g/mol. The predicted molar refractivity (Wildman–Crippen MR) is 97.1 cm³/mol. The lowest BCUT2D eigenvalue weighted by Crippen LogP contribution is -2.25. The van der Waals surface area contributed by atoms with Gasteiger partial charge in [0.2, 0.25) is 5.91 Å². The first kappa shape index (κ1) is 16.4. The Kier molecular flexibility index (Phi) is 3.97. The molecule has 0 radical (unpaired) electrons. The van der Waals surface area contributed by atoms with Crippen molar-refractivity contribution in [3.8, 4) is 5.69 Å². The molecule has 3 heterocycles. The summed E-state index contributed by atoms with van der Waals surface area (Å²) >= 11 is 5.97. The number of carbonyl (C=O) groups excluding carboxylic acids is 1. The van der Waals surface area contributed by atoms with E-state index < -0.39 is 5.97 Å². The second-order valence-corrected chi connectivity index (χ2v) is 6.48. The van der Waals surface area contributed by atoms with Crippen LogP contribution in [-0.2, 0) is 4.79 Å². The standard InChI is InChI=1S/C19H14ClN3O3/c20-12-1-3-13(4-2-12)23-10-15(19(25)26)17-18(23)14(9-16(24)22-17)11-5-7-21-8-6-11/h1-8,10,14H,9H2,(H,22,24)(H,25,26)/t14-/m1/s1. The van der Waals surface area contributed by atoms with E-state index in [1.54, 1.807) is 29.1 Å². The molecule has 7 heteroatoms. The summed E-state index contributed by atoms with van der Waals surface area (Å²) in [6.45, 7) is 0. The van der Waals surface area contributed by atoms with Crippen molar-refractivity contribution >= 4 is 29.2 Å². The van der Waals surface area contributed by atoms with Gasteiger partial charge in [-0.05, 0) is 42.0 Å². The zero-order chi connectivity index (χ0) is 18.3. The van der Waals surface area contributed by atoms with Crippen LogP contribution >= 0.6 is 11.6 Å². The molecule has 26 heavy (non-hydrogen) atoms. The molecule has 0 bridgehead atoms. The van der Waals surface area contributed by atoms with Gasteiger partial charge in [0, 0.05) is 41.6 Å². The van der Waals surface area contributed by atoms with Crippen molar-refractivity contribution in [2.45, 2.75) is 12.3 Å². The minimum atomic E-state index is -1.09. The highest BCUT2D eigenvalue weighted by Gasteiger charge is 2.34. The van der Waals surface area contributed by atoms with Gasteiger partial charge >= 0.3 is 5.97 Å². The molecule has 1 aliphatic heterocycles. The SMILES string of the molecule is O=C1C[C@H](c2ccncc2)c2c(c(C(=O)O)cn2-c2ccc(Cl)cc2)N1. The Bertz CT molecular complexity index is 997. The van der Waals surface area contributed by atoms with Gasteiger partial charge in [0.15, 0.2) is 0 Å². The van der Waals surface area contributed by atoms with E-state index in [1.807, 2.05) is 24.3 Å². The summed E-state index contributed by atoms with van der Waals surface area (Å²) in [7, 11) is 0. The Balaban J connectivity index is 1.97. The molecular formula is C19H14ClN3O3. The third-order valence-electron chi connectivity index (χ3n) is 4.47. The summed E-state index contributed by atoms with van der Waals surface area (Å²) in [6.07, 6.45) is 5.09. The maximum Gasteiger partial charge on any atom is 0.339 e. The number of halogens is 1. The number of carboxylic acids is 1. The van der Waals surface area contributed by atoms with E-state index in [0.717, 1.165) is 16.9 Å². The number of benzene rings is 1. The second kappa shape index (κ2) is 6.31. The first-order valence-corrected chi connectivity index (χ1v) is 8.36. The molecule has 0 aliphatic carbocycles. The molecule has 1 atom stereocenters. The Morgan fingerprint density at radius 3 is 2.54 bits per heavy atom.